The van der Waals surface area contributed by atoms with Crippen molar-refractivity contribution in [1.82, 2.24) is 4.90 Å². The third-order valence-electron chi connectivity index (χ3n) is 3.65. The van der Waals surface area contributed by atoms with E-state index in [9.17, 15) is 4.79 Å². The van der Waals surface area contributed by atoms with Crippen molar-refractivity contribution in [1.29, 1.82) is 0 Å². The molecule has 3 nitrogen and oxygen atoms in total. The fourth-order valence-electron chi connectivity index (χ4n) is 2.77. The molecule has 0 bridgehead atoms. The minimum Gasteiger partial charge on any atom is -0.466 e. The quantitative estimate of drug-likeness (QED) is 0.616. The molecule has 0 saturated carbocycles. The van der Waals surface area contributed by atoms with Gasteiger partial charge >= 0.3 is 5.97 Å². The minimum atomic E-state index is -0.161. The Morgan fingerprint density at radius 2 is 2.33 bits per heavy atom. The van der Waals surface area contributed by atoms with Crippen LogP contribution in [0.2, 0.25) is 0 Å². The summed E-state index contributed by atoms with van der Waals surface area (Å²) in [5.41, 5.74) is 0.843. The Bertz CT molecular complexity index is 285. The summed E-state index contributed by atoms with van der Waals surface area (Å²) in [4.78, 5) is 14.0. The summed E-state index contributed by atoms with van der Waals surface area (Å²) < 4.78 is 4.81. The summed E-state index contributed by atoms with van der Waals surface area (Å²) in [6.45, 7) is 3.24. The van der Waals surface area contributed by atoms with Gasteiger partial charge in [0.25, 0.3) is 0 Å². The van der Waals surface area contributed by atoms with Gasteiger partial charge in [0.2, 0.25) is 0 Å². The Kier molecular flexibility index (Phi) is 3.10. The summed E-state index contributed by atoms with van der Waals surface area (Å²) in [6, 6.07) is 0.888. The Balaban J connectivity index is 2.15. The zero-order chi connectivity index (χ0) is 10.8. The molecule has 0 aromatic carbocycles. The number of fused-ring (bicyclic) bond motifs is 1. The number of carbonyl (C=O) groups is 1. The highest BCUT2D eigenvalue weighted by Crippen LogP contribution is 2.30. The van der Waals surface area contributed by atoms with E-state index < -0.39 is 0 Å². The van der Waals surface area contributed by atoms with Crippen molar-refractivity contribution < 1.29 is 9.53 Å². The number of rotatable bonds is 1. The third kappa shape index (κ3) is 1.93. The van der Waals surface area contributed by atoms with E-state index in [1.807, 2.05) is 0 Å². The molecule has 2 atom stereocenters. The average Bonchev–Trinajstić information content (AvgIpc) is 2.29. The highest BCUT2D eigenvalue weighted by molar-refractivity contribution is 5.89. The Morgan fingerprint density at radius 1 is 1.53 bits per heavy atom. The predicted octanol–water partition coefficient (Wildman–Crippen LogP) is 1.73. The van der Waals surface area contributed by atoms with Gasteiger partial charge in [-0.05, 0) is 32.7 Å². The fraction of sp³-hybridized carbons (Fsp3) is 0.750. The highest BCUT2D eigenvalue weighted by Gasteiger charge is 2.33. The zero-order valence-corrected chi connectivity index (χ0v) is 9.53. The Morgan fingerprint density at radius 3 is 3.07 bits per heavy atom. The van der Waals surface area contributed by atoms with Crippen LogP contribution in [0.3, 0.4) is 0 Å². The SMILES string of the molecule is COC(=O)C1=CCC2CCCCN2C1C. The van der Waals surface area contributed by atoms with Gasteiger partial charge in [0.15, 0.2) is 0 Å². The summed E-state index contributed by atoms with van der Waals surface area (Å²) in [6.07, 6.45) is 6.94. The van der Waals surface area contributed by atoms with E-state index in [4.69, 9.17) is 4.74 Å². The lowest BCUT2D eigenvalue weighted by molar-refractivity contribution is -0.137. The van der Waals surface area contributed by atoms with Crippen LogP contribution in [0.1, 0.15) is 32.6 Å². The topological polar surface area (TPSA) is 29.5 Å². The maximum atomic E-state index is 11.5. The molecule has 0 aromatic heterocycles. The first-order chi connectivity index (χ1) is 7.24. The zero-order valence-electron chi connectivity index (χ0n) is 9.53. The molecule has 0 aliphatic carbocycles. The van der Waals surface area contributed by atoms with E-state index in [2.05, 4.69) is 17.9 Å². The lowest BCUT2D eigenvalue weighted by Crippen LogP contribution is -2.49. The number of hydrogen-bond acceptors (Lipinski definition) is 3. The molecular weight excluding hydrogens is 190 g/mol. The molecular formula is C12H19NO2. The van der Waals surface area contributed by atoms with Gasteiger partial charge in [0.1, 0.15) is 0 Å². The molecule has 3 heteroatoms. The molecule has 0 aromatic rings. The van der Waals surface area contributed by atoms with E-state index in [1.165, 1.54) is 26.4 Å². The van der Waals surface area contributed by atoms with E-state index >= 15 is 0 Å². The van der Waals surface area contributed by atoms with Crippen molar-refractivity contribution in [2.45, 2.75) is 44.7 Å². The first-order valence-electron chi connectivity index (χ1n) is 5.78. The maximum absolute atomic E-state index is 11.5. The summed E-state index contributed by atoms with van der Waals surface area (Å²) in [5, 5.41) is 0. The second-order valence-corrected chi connectivity index (χ2v) is 4.45. The van der Waals surface area contributed by atoms with Crippen LogP contribution in [0, 0.1) is 0 Å². The van der Waals surface area contributed by atoms with E-state index in [0.717, 1.165) is 18.5 Å². The summed E-state index contributed by atoms with van der Waals surface area (Å²) in [5.74, 6) is -0.161. The van der Waals surface area contributed by atoms with Gasteiger partial charge in [0, 0.05) is 12.1 Å². The molecule has 0 amide bonds. The smallest absolute Gasteiger partial charge is 0.335 e. The fourth-order valence-corrected chi connectivity index (χ4v) is 2.77. The van der Waals surface area contributed by atoms with Crippen LogP contribution < -0.4 is 0 Å². The molecule has 1 fully saturated rings. The average molecular weight is 209 g/mol. The maximum Gasteiger partial charge on any atom is 0.335 e. The normalized spacial score (nSPS) is 31.7. The number of methoxy groups -OCH3 is 1. The van der Waals surface area contributed by atoms with Crippen molar-refractivity contribution >= 4 is 5.97 Å². The molecule has 2 aliphatic rings. The molecule has 0 spiro atoms. The van der Waals surface area contributed by atoms with Crippen molar-refractivity contribution in [3.05, 3.63) is 11.6 Å². The monoisotopic (exact) mass is 209 g/mol. The van der Waals surface area contributed by atoms with Crippen LogP contribution >= 0.6 is 0 Å². The number of carbonyl (C=O) groups excluding carboxylic acids is 1. The van der Waals surface area contributed by atoms with Crippen LogP contribution in [0.15, 0.2) is 11.6 Å². The lowest BCUT2D eigenvalue weighted by atomic mass is 9.89. The number of esters is 1. The predicted molar refractivity (Wildman–Crippen MR) is 58.5 cm³/mol. The molecule has 2 rings (SSSR count). The van der Waals surface area contributed by atoms with Gasteiger partial charge in [0.05, 0.1) is 12.7 Å². The van der Waals surface area contributed by atoms with E-state index in [1.54, 1.807) is 0 Å². The van der Waals surface area contributed by atoms with Crippen LogP contribution in [0.4, 0.5) is 0 Å². The minimum absolute atomic E-state index is 0.161. The van der Waals surface area contributed by atoms with Gasteiger partial charge in [-0.15, -0.1) is 0 Å². The van der Waals surface area contributed by atoms with Crippen LogP contribution in [0.5, 0.6) is 0 Å². The molecule has 0 N–H and O–H groups in total. The number of ether oxygens (including phenoxy) is 1. The van der Waals surface area contributed by atoms with Gasteiger partial charge < -0.3 is 4.74 Å². The Labute approximate surface area is 91.1 Å². The number of piperidine rings is 1. The largest absolute Gasteiger partial charge is 0.466 e. The molecule has 15 heavy (non-hydrogen) atoms. The van der Waals surface area contributed by atoms with Crippen molar-refractivity contribution in [3.8, 4) is 0 Å². The van der Waals surface area contributed by atoms with Crippen LogP contribution in [-0.4, -0.2) is 36.6 Å². The molecule has 2 heterocycles. The lowest BCUT2D eigenvalue weighted by Gasteiger charge is -2.42. The van der Waals surface area contributed by atoms with Crippen LogP contribution in [0.25, 0.3) is 0 Å². The van der Waals surface area contributed by atoms with E-state index in [-0.39, 0.29) is 12.0 Å². The highest BCUT2D eigenvalue weighted by atomic mass is 16.5. The summed E-state index contributed by atoms with van der Waals surface area (Å²) in [7, 11) is 1.46. The molecule has 1 saturated heterocycles. The van der Waals surface area contributed by atoms with Gasteiger partial charge in [-0.3, -0.25) is 4.90 Å². The molecule has 0 radical (unpaired) electrons. The number of hydrogen-bond donors (Lipinski definition) is 0. The first kappa shape index (κ1) is 10.7. The Hall–Kier alpha value is -0.830. The van der Waals surface area contributed by atoms with Crippen LogP contribution in [-0.2, 0) is 9.53 Å². The van der Waals surface area contributed by atoms with Crippen molar-refractivity contribution in [2.75, 3.05) is 13.7 Å². The second-order valence-electron chi connectivity index (χ2n) is 4.45. The second kappa shape index (κ2) is 4.35. The van der Waals surface area contributed by atoms with Gasteiger partial charge in [-0.2, -0.15) is 0 Å². The summed E-state index contributed by atoms with van der Waals surface area (Å²) >= 11 is 0. The van der Waals surface area contributed by atoms with Gasteiger partial charge in [-0.25, -0.2) is 4.79 Å². The molecule has 84 valence electrons. The first-order valence-corrected chi connectivity index (χ1v) is 5.78. The van der Waals surface area contributed by atoms with E-state index in [0.29, 0.717) is 6.04 Å². The van der Waals surface area contributed by atoms with Crippen molar-refractivity contribution in [3.63, 3.8) is 0 Å². The standard InChI is InChI=1S/C12H19NO2/c1-9-11(12(14)15-2)7-6-10-5-3-4-8-13(9)10/h7,9-10H,3-6,8H2,1-2H3. The third-order valence-corrected chi connectivity index (χ3v) is 3.65. The van der Waals surface area contributed by atoms with Gasteiger partial charge in [-0.1, -0.05) is 12.5 Å². The number of nitrogens with zero attached hydrogens (tertiary/aromatic N) is 1. The molecule has 2 unspecified atom stereocenters. The molecule has 2 aliphatic heterocycles. The van der Waals surface area contributed by atoms with Crippen molar-refractivity contribution in [2.24, 2.45) is 0 Å².